The van der Waals surface area contributed by atoms with Gasteiger partial charge in [-0.3, -0.25) is 0 Å². The summed E-state index contributed by atoms with van der Waals surface area (Å²) in [5, 5.41) is 13.3. The van der Waals surface area contributed by atoms with E-state index < -0.39 is 5.97 Å². The van der Waals surface area contributed by atoms with Crippen LogP contribution in [0.15, 0.2) is 34.9 Å². The highest BCUT2D eigenvalue weighted by Crippen LogP contribution is 2.24. The largest absolute Gasteiger partial charge is 0.477 e. The minimum Gasteiger partial charge on any atom is -0.477 e. The second kappa shape index (κ2) is 6.05. The van der Waals surface area contributed by atoms with E-state index in [1.54, 1.807) is 20.9 Å². The number of aromatic carboxylic acids is 1. The fourth-order valence-corrected chi connectivity index (χ4v) is 2.48. The SMILES string of the molecule is Cc1nc(C#Cc2c(-c3ccccc3)noc2C)n(C)c1C(=O)O. The Balaban J connectivity index is 2.06. The molecular weight excluding hydrogens is 306 g/mol. The molecule has 0 amide bonds. The van der Waals surface area contributed by atoms with Crippen LogP contribution in [-0.2, 0) is 7.05 Å². The van der Waals surface area contributed by atoms with Gasteiger partial charge in [0.05, 0.1) is 11.3 Å². The van der Waals surface area contributed by atoms with E-state index in [1.165, 1.54) is 4.57 Å². The Morgan fingerprint density at radius 1 is 1.21 bits per heavy atom. The average Bonchev–Trinajstić information content (AvgIpc) is 3.06. The molecule has 0 spiro atoms. The molecule has 0 atom stereocenters. The highest BCUT2D eigenvalue weighted by molar-refractivity contribution is 5.87. The Labute approximate surface area is 138 Å². The lowest BCUT2D eigenvalue weighted by molar-refractivity contribution is 0.0685. The number of carboxylic acids is 1. The fraction of sp³-hybridized carbons (Fsp3) is 0.167. The molecule has 2 aromatic heterocycles. The molecule has 2 heterocycles. The van der Waals surface area contributed by atoms with Gasteiger partial charge >= 0.3 is 5.97 Å². The number of hydrogen-bond acceptors (Lipinski definition) is 4. The Hall–Kier alpha value is -3.33. The van der Waals surface area contributed by atoms with Gasteiger partial charge in [-0.05, 0) is 19.8 Å². The second-order valence-corrected chi connectivity index (χ2v) is 5.31. The monoisotopic (exact) mass is 321 g/mol. The summed E-state index contributed by atoms with van der Waals surface area (Å²) in [5.74, 6) is 5.89. The van der Waals surface area contributed by atoms with E-state index in [9.17, 15) is 9.90 Å². The quantitative estimate of drug-likeness (QED) is 0.734. The van der Waals surface area contributed by atoms with Crippen LogP contribution < -0.4 is 0 Å². The third-order valence-electron chi connectivity index (χ3n) is 3.68. The summed E-state index contributed by atoms with van der Waals surface area (Å²) in [6.45, 7) is 3.44. The molecule has 0 aliphatic rings. The summed E-state index contributed by atoms with van der Waals surface area (Å²) >= 11 is 0. The van der Waals surface area contributed by atoms with Gasteiger partial charge in [-0.15, -0.1) is 0 Å². The number of rotatable bonds is 2. The number of imidazole rings is 1. The molecule has 0 radical (unpaired) electrons. The first-order valence-electron chi connectivity index (χ1n) is 7.29. The van der Waals surface area contributed by atoms with Crippen molar-refractivity contribution in [2.45, 2.75) is 13.8 Å². The Morgan fingerprint density at radius 3 is 2.54 bits per heavy atom. The number of aromatic nitrogens is 3. The maximum absolute atomic E-state index is 11.2. The molecule has 24 heavy (non-hydrogen) atoms. The zero-order chi connectivity index (χ0) is 17.3. The van der Waals surface area contributed by atoms with Crippen LogP contribution in [0.5, 0.6) is 0 Å². The van der Waals surface area contributed by atoms with E-state index in [-0.39, 0.29) is 5.69 Å². The lowest BCUT2D eigenvalue weighted by Crippen LogP contribution is -2.07. The van der Waals surface area contributed by atoms with Crippen LogP contribution in [0.3, 0.4) is 0 Å². The third-order valence-corrected chi connectivity index (χ3v) is 3.68. The van der Waals surface area contributed by atoms with E-state index in [0.717, 1.165) is 5.56 Å². The summed E-state index contributed by atoms with van der Waals surface area (Å²) in [5.41, 5.74) is 2.79. The summed E-state index contributed by atoms with van der Waals surface area (Å²) in [7, 11) is 1.63. The molecule has 120 valence electrons. The van der Waals surface area contributed by atoms with Crippen LogP contribution in [0.25, 0.3) is 11.3 Å². The minimum atomic E-state index is -1.03. The van der Waals surface area contributed by atoms with E-state index >= 15 is 0 Å². The molecule has 1 aromatic carbocycles. The van der Waals surface area contributed by atoms with Crippen molar-refractivity contribution < 1.29 is 14.4 Å². The van der Waals surface area contributed by atoms with Gasteiger partial charge in [-0.1, -0.05) is 41.4 Å². The molecule has 0 saturated carbocycles. The Kier molecular flexibility index (Phi) is 3.92. The van der Waals surface area contributed by atoms with E-state index in [0.29, 0.717) is 28.5 Å². The highest BCUT2D eigenvalue weighted by Gasteiger charge is 2.17. The number of hydrogen-bond donors (Lipinski definition) is 1. The van der Waals surface area contributed by atoms with Crippen LogP contribution in [0.2, 0.25) is 0 Å². The topological polar surface area (TPSA) is 81.2 Å². The molecule has 1 N–H and O–H groups in total. The van der Waals surface area contributed by atoms with Crippen LogP contribution >= 0.6 is 0 Å². The van der Waals surface area contributed by atoms with Crippen LogP contribution in [0, 0.1) is 25.7 Å². The molecule has 0 aliphatic carbocycles. The zero-order valence-electron chi connectivity index (χ0n) is 13.5. The van der Waals surface area contributed by atoms with Gasteiger partial charge in [0, 0.05) is 12.6 Å². The van der Waals surface area contributed by atoms with Crippen molar-refractivity contribution in [2.24, 2.45) is 7.05 Å². The summed E-state index contributed by atoms with van der Waals surface area (Å²) < 4.78 is 6.73. The lowest BCUT2D eigenvalue weighted by atomic mass is 10.1. The van der Waals surface area contributed by atoms with Crippen molar-refractivity contribution in [3.8, 4) is 23.1 Å². The first kappa shape index (κ1) is 15.6. The average molecular weight is 321 g/mol. The summed E-state index contributed by atoms with van der Waals surface area (Å²) in [6.07, 6.45) is 0. The van der Waals surface area contributed by atoms with Crippen LogP contribution in [0.4, 0.5) is 0 Å². The summed E-state index contributed by atoms with van der Waals surface area (Å²) in [6, 6.07) is 9.60. The zero-order valence-corrected chi connectivity index (χ0v) is 13.5. The molecule has 6 nitrogen and oxygen atoms in total. The van der Waals surface area contributed by atoms with E-state index in [4.69, 9.17) is 4.52 Å². The van der Waals surface area contributed by atoms with Crippen molar-refractivity contribution in [1.29, 1.82) is 0 Å². The second-order valence-electron chi connectivity index (χ2n) is 5.31. The highest BCUT2D eigenvalue weighted by atomic mass is 16.5. The molecule has 3 rings (SSSR count). The molecule has 0 bridgehead atoms. The van der Waals surface area contributed by atoms with Gasteiger partial charge < -0.3 is 14.2 Å². The molecule has 0 saturated heterocycles. The standard InChI is InChI=1S/C18H15N3O3/c1-11-17(18(22)23)21(3)15(19-11)10-9-14-12(2)24-20-16(14)13-7-5-4-6-8-13/h4-8H,1-3H3,(H,22,23). The molecule has 0 fully saturated rings. The van der Waals surface area contributed by atoms with Gasteiger partial charge in [0.25, 0.3) is 0 Å². The van der Waals surface area contributed by atoms with Gasteiger partial charge in [0.1, 0.15) is 11.5 Å². The molecule has 3 aromatic rings. The Bertz CT molecular complexity index is 972. The summed E-state index contributed by atoms with van der Waals surface area (Å²) in [4.78, 5) is 15.5. The number of aryl methyl sites for hydroxylation is 2. The Morgan fingerprint density at radius 2 is 1.92 bits per heavy atom. The number of carbonyl (C=O) groups is 1. The molecule has 6 heteroatoms. The number of carboxylic acid groups (broad SMARTS) is 1. The van der Waals surface area contributed by atoms with Crippen molar-refractivity contribution in [1.82, 2.24) is 14.7 Å². The maximum atomic E-state index is 11.2. The van der Waals surface area contributed by atoms with Crippen molar-refractivity contribution in [3.63, 3.8) is 0 Å². The first-order chi connectivity index (χ1) is 11.5. The van der Waals surface area contributed by atoms with Crippen molar-refractivity contribution >= 4 is 5.97 Å². The van der Waals surface area contributed by atoms with Gasteiger partial charge in [0.15, 0.2) is 11.5 Å². The minimum absolute atomic E-state index is 0.129. The molecular formula is C18H15N3O3. The fourth-order valence-electron chi connectivity index (χ4n) is 2.48. The molecule has 0 aliphatic heterocycles. The smallest absolute Gasteiger partial charge is 0.354 e. The van der Waals surface area contributed by atoms with Crippen LogP contribution in [-0.4, -0.2) is 25.8 Å². The van der Waals surface area contributed by atoms with Gasteiger partial charge in [0.2, 0.25) is 0 Å². The first-order valence-corrected chi connectivity index (χ1v) is 7.29. The molecule has 0 unspecified atom stereocenters. The van der Waals surface area contributed by atoms with Gasteiger partial charge in [-0.2, -0.15) is 0 Å². The maximum Gasteiger partial charge on any atom is 0.354 e. The predicted molar refractivity (Wildman–Crippen MR) is 87.6 cm³/mol. The van der Waals surface area contributed by atoms with Crippen molar-refractivity contribution in [3.05, 3.63) is 58.9 Å². The van der Waals surface area contributed by atoms with Crippen LogP contribution in [0.1, 0.15) is 33.3 Å². The van der Waals surface area contributed by atoms with E-state index in [1.807, 2.05) is 30.3 Å². The normalized spacial score (nSPS) is 10.3. The van der Waals surface area contributed by atoms with Crippen molar-refractivity contribution in [2.75, 3.05) is 0 Å². The number of nitrogens with zero attached hydrogens (tertiary/aromatic N) is 3. The predicted octanol–water partition coefficient (Wildman–Crippen LogP) is 2.79. The van der Waals surface area contributed by atoms with E-state index in [2.05, 4.69) is 22.0 Å². The number of benzene rings is 1. The van der Waals surface area contributed by atoms with Gasteiger partial charge in [-0.25, -0.2) is 9.78 Å². The lowest BCUT2D eigenvalue weighted by Gasteiger charge is -1.97. The third kappa shape index (κ3) is 2.68.